The van der Waals surface area contributed by atoms with Crippen LogP contribution in [-0.2, 0) is 16.0 Å². The molecule has 0 spiro atoms. The van der Waals surface area contributed by atoms with E-state index in [9.17, 15) is 4.79 Å². The number of esters is 1. The second kappa shape index (κ2) is 7.75. The minimum absolute atomic E-state index is 0.138. The number of rotatable bonds is 7. The van der Waals surface area contributed by atoms with Crippen molar-refractivity contribution in [1.29, 1.82) is 0 Å². The molecule has 0 radical (unpaired) electrons. The lowest BCUT2D eigenvalue weighted by Gasteiger charge is -2.11. The third-order valence-corrected chi connectivity index (χ3v) is 2.96. The van der Waals surface area contributed by atoms with Gasteiger partial charge in [-0.05, 0) is 30.4 Å². The van der Waals surface area contributed by atoms with E-state index in [0.29, 0.717) is 25.4 Å². The molecular formula is C15H23NO2. The van der Waals surface area contributed by atoms with Gasteiger partial charge in [0, 0.05) is 12.1 Å². The van der Waals surface area contributed by atoms with Gasteiger partial charge < -0.3 is 10.5 Å². The predicted molar refractivity (Wildman–Crippen MR) is 74.2 cm³/mol. The summed E-state index contributed by atoms with van der Waals surface area (Å²) in [6.07, 6.45) is 3.26. The normalized spacial score (nSPS) is 12.1. The van der Waals surface area contributed by atoms with Crippen LogP contribution in [0.4, 0.5) is 5.69 Å². The van der Waals surface area contributed by atoms with Crippen molar-refractivity contribution in [3.05, 3.63) is 29.8 Å². The molecule has 0 fully saturated rings. The Kier molecular flexibility index (Phi) is 6.26. The number of carbonyl (C=O) groups excluding carboxylic acids is 1. The van der Waals surface area contributed by atoms with Crippen LogP contribution in [0.25, 0.3) is 0 Å². The third-order valence-electron chi connectivity index (χ3n) is 2.96. The molecule has 3 nitrogen and oxygen atoms in total. The van der Waals surface area contributed by atoms with E-state index in [4.69, 9.17) is 10.5 Å². The number of aryl methyl sites for hydroxylation is 1. The van der Waals surface area contributed by atoms with E-state index >= 15 is 0 Å². The predicted octanol–water partition coefficient (Wildman–Crippen LogP) is 3.18. The van der Waals surface area contributed by atoms with Crippen LogP contribution >= 0.6 is 0 Å². The molecule has 0 bridgehead atoms. The molecule has 0 aromatic heterocycles. The molecule has 0 saturated heterocycles. The Labute approximate surface area is 109 Å². The second-order valence-electron chi connectivity index (χ2n) is 4.78. The van der Waals surface area contributed by atoms with Gasteiger partial charge in [0.15, 0.2) is 0 Å². The zero-order chi connectivity index (χ0) is 13.4. The average Bonchev–Trinajstić information content (AvgIpc) is 2.36. The van der Waals surface area contributed by atoms with Gasteiger partial charge in [-0.2, -0.15) is 0 Å². The van der Waals surface area contributed by atoms with E-state index in [0.717, 1.165) is 24.1 Å². The highest BCUT2D eigenvalue weighted by Gasteiger charge is 2.08. The van der Waals surface area contributed by atoms with E-state index in [2.05, 4.69) is 13.8 Å². The van der Waals surface area contributed by atoms with E-state index in [1.807, 2.05) is 24.3 Å². The summed E-state index contributed by atoms with van der Waals surface area (Å²) < 4.78 is 5.24. The van der Waals surface area contributed by atoms with Crippen molar-refractivity contribution in [1.82, 2.24) is 0 Å². The molecule has 0 aliphatic rings. The summed E-state index contributed by atoms with van der Waals surface area (Å²) in [6, 6.07) is 7.62. The zero-order valence-electron chi connectivity index (χ0n) is 11.3. The quantitative estimate of drug-likeness (QED) is 0.596. The van der Waals surface area contributed by atoms with E-state index in [-0.39, 0.29) is 5.97 Å². The summed E-state index contributed by atoms with van der Waals surface area (Å²) in [5.74, 6) is 0.307. The van der Waals surface area contributed by atoms with Crippen molar-refractivity contribution in [2.75, 3.05) is 12.3 Å². The number of nitrogen functional groups attached to an aromatic ring is 1. The topological polar surface area (TPSA) is 52.3 Å². The average molecular weight is 249 g/mol. The van der Waals surface area contributed by atoms with Gasteiger partial charge in [-0.25, -0.2) is 0 Å². The Balaban J connectivity index is 2.27. The molecular weight excluding hydrogens is 226 g/mol. The first-order valence-electron chi connectivity index (χ1n) is 6.62. The molecule has 0 saturated carbocycles. The number of carbonyl (C=O) groups is 1. The first-order chi connectivity index (χ1) is 8.63. The zero-order valence-corrected chi connectivity index (χ0v) is 11.3. The number of hydrogen-bond acceptors (Lipinski definition) is 3. The second-order valence-corrected chi connectivity index (χ2v) is 4.78. The summed E-state index contributed by atoms with van der Waals surface area (Å²) in [4.78, 5) is 11.6. The molecule has 2 N–H and O–H groups in total. The summed E-state index contributed by atoms with van der Waals surface area (Å²) in [5, 5.41) is 0. The van der Waals surface area contributed by atoms with E-state index in [1.165, 1.54) is 0 Å². The lowest BCUT2D eigenvalue weighted by molar-refractivity contribution is -0.144. The number of anilines is 1. The standard InChI is InChI=1S/C15H23NO2/c1-3-6-12(2)11-18-15(17)10-9-13-7-4-5-8-14(13)16/h4-5,7-8,12H,3,6,9-11,16H2,1-2H3. The Morgan fingerprint density at radius 2 is 2.11 bits per heavy atom. The summed E-state index contributed by atoms with van der Waals surface area (Å²) >= 11 is 0. The van der Waals surface area contributed by atoms with Crippen LogP contribution < -0.4 is 5.73 Å². The van der Waals surface area contributed by atoms with Gasteiger partial charge in [0.05, 0.1) is 6.61 Å². The maximum absolute atomic E-state index is 11.6. The molecule has 0 amide bonds. The summed E-state index contributed by atoms with van der Waals surface area (Å²) in [5.41, 5.74) is 7.57. The Morgan fingerprint density at radius 3 is 2.78 bits per heavy atom. The van der Waals surface area contributed by atoms with Gasteiger partial charge in [-0.3, -0.25) is 4.79 Å². The van der Waals surface area contributed by atoms with Crippen molar-refractivity contribution in [3.63, 3.8) is 0 Å². The number of hydrogen-bond donors (Lipinski definition) is 1. The molecule has 0 heterocycles. The van der Waals surface area contributed by atoms with Gasteiger partial charge in [-0.15, -0.1) is 0 Å². The monoisotopic (exact) mass is 249 g/mol. The lowest BCUT2D eigenvalue weighted by Crippen LogP contribution is -2.12. The molecule has 1 rings (SSSR count). The molecule has 3 heteroatoms. The third kappa shape index (κ3) is 5.21. The minimum atomic E-state index is -0.138. The van der Waals surface area contributed by atoms with Crippen LogP contribution in [0.3, 0.4) is 0 Å². The highest BCUT2D eigenvalue weighted by molar-refractivity contribution is 5.70. The van der Waals surface area contributed by atoms with Crippen molar-refractivity contribution >= 4 is 11.7 Å². The number of ether oxygens (including phenoxy) is 1. The van der Waals surface area contributed by atoms with E-state index < -0.39 is 0 Å². The van der Waals surface area contributed by atoms with E-state index in [1.54, 1.807) is 0 Å². The van der Waals surface area contributed by atoms with Crippen LogP contribution in [-0.4, -0.2) is 12.6 Å². The maximum Gasteiger partial charge on any atom is 0.306 e. The van der Waals surface area contributed by atoms with Crippen LogP contribution in [0.2, 0.25) is 0 Å². The van der Waals surface area contributed by atoms with Crippen molar-refractivity contribution < 1.29 is 9.53 Å². The van der Waals surface area contributed by atoms with Gasteiger partial charge in [-0.1, -0.05) is 38.5 Å². The van der Waals surface area contributed by atoms with Gasteiger partial charge >= 0.3 is 5.97 Å². The van der Waals surface area contributed by atoms with Crippen LogP contribution in [0.15, 0.2) is 24.3 Å². The van der Waals surface area contributed by atoms with Crippen LogP contribution in [0, 0.1) is 5.92 Å². The minimum Gasteiger partial charge on any atom is -0.465 e. The first-order valence-corrected chi connectivity index (χ1v) is 6.62. The molecule has 0 aliphatic carbocycles. The fourth-order valence-corrected chi connectivity index (χ4v) is 1.88. The Bertz CT molecular complexity index is 377. The first kappa shape index (κ1) is 14.6. The van der Waals surface area contributed by atoms with Crippen molar-refractivity contribution in [2.45, 2.75) is 39.5 Å². The SMILES string of the molecule is CCCC(C)COC(=O)CCc1ccccc1N. The molecule has 1 aromatic rings. The molecule has 1 atom stereocenters. The molecule has 1 aromatic carbocycles. The molecule has 1 unspecified atom stereocenters. The van der Waals surface area contributed by atoms with Crippen LogP contribution in [0.1, 0.15) is 38.7 Å². The number of para-hydroxylation sites is 1. The van der Waals surface area contributed by atoms with Gasteiger partial charge in [0.25, 0.3) is 0 Å². The smallest absolute Gasteiger partial charge is 0.306 e. The van der Waals surface area contributed by atoms with Gasteiger partial charge in [0.2, 0.25) is 0 Å². The Hall–Kier alpha value is -1.51. The number of benzene rings is 1. The highest BCUT2D eigenvalue weighted by atomic mass is 16.5. The lowest BCUT2D eigenvalue weighted by atomic mass is 10.1. The molecule has 0 aliphatic heterocycles. The Morgan fingerprint density at radius 1 is 1.39 bits per heavy atom. The van der Waals surface area contributed by atoms with Crippen molar-refractivity contribution in [3.8, 4) is 0 Å². The molecule has 18 heavy (non-hydrogen) atoms. The molecule has 100 valence electrons. The largest absolute Gasteiger partial charge is 0.465 e. The summed E-state index contributed by atoms with van der Waals surface area (Å²) in [6.45, 7) is 4.76. The fourth-order valence-electron chi connectivity index (χ4n) is 1.88. The summed E-state index contributed by atoms with van der Waals surface area (Å²) in [7, 11) is 0. The fraction of sp³-hybridized carbons (Fsp3) is 0.533. The van der Waals surface area contributed by atoms with Gasteiger partial charge in [0.1, 0.15) is 0 Å². The highest BCUT2D eigenvalue weighted by Crippen LogP contribution is 2.13. The maximum atomic E-state index is 11.6. The van der Waals surface area contributed by atoms with Crippen molar-refractivity contribution in [2.24, 2.45) is 5.92 Å². The number of nitrogens with two attached hydrogens (primary N) is 1. The van der Waals surface area contributed by atoms with Crippen LogP contribution in [0.5, 0.6) is 0 Å².